The van der Waals surface area contributed by atoms with Crippen LogP contribution in [0.25, 0.3) is 0 Å². The molecule has 3 rings (SSSR count). The zero-order chi connectivity index (χ0) is 23.5. The van der Waals surface area contributed by atoms with E-state index in [0.717, 1.165) is 18.9 Å². The number of benzene rings is 1. The van der Waals surface area contributed by atoms with Gasteiger partial charge in [0.1, 0.15) is 6.61 Å². The molecule has 0 aliphatic carbocycles. The number of carbonyl (C=O) groups excluding carboxylic acids is 2. The largest absolute Gasteiger partial charge is 0.480 e. The Hall–Kier alpha value is -3.19. The number of esters is 1. The maximum absolute atomic E-state index is 12.7. The highest BCUT2D eigenvalue weighted by atomic mass is 32.2. The molecule has 0 spiro atoms. The number of urea groups is 1. The molecule has 2 heterocycles. The second-order valence-electron chi connectivity index (χ2n) is 7.22. The number of hydrogen-bond acceptors (Lipinski definition) is 8. The predicted octanol–water partition coefficient (Wildman–Crippen LogP) is 1.28. The van der Waals surface area contributed by atoms with Crippen LogP contribution in [-0.2, 0) is 19.6 Å². The lowest BCUT2D eigenvalue weighted by Crippen LogP contribution is -2.50. The molecule has 2 aliphatic rings. The summed E-state index contributed by atoms with van der Waals surface area (Å²) in [6, 6.07) is 2.15. The van der Waals surface area contributed by atoms with Crippen LogP contribution < -0.4 is 15.4 Å². The van der Waals surface area contributed by atoms with Crippen molar-refractivity contribution < 1.29 is 32.4 Å². The van der Waals surface area contributed by atoms with Crippen LogP contribution in [0.15, 0.2) is 34.4 Å². The van der Waals surface area contributed by atoms with Crippen molar-refractivity contribution in [3.8, 4) is 5.75 Å². The van der Waals surface area contributed by atoms with E-state index in [1.54, 1.807) is 13.8 Å². The lowest BCUT2D eigenvalue weighted by atomic mass is 10.0. The Morgan fingerprint density at radius 1 is 1.31 bits per heavy atom. The first-order valence-corrected chi connectivity index (χ1v) is 11.5. The summed E-state index contributed by atoms with van der Waals surface area (Å²) in [6.07, 6.45) is 1.47. The van der Waals surface area contributed by atoms with Gasteiger partial charge in [0.2, 0.25) is 10.0 Å². The molecule has 13 heteroatoms. The van der Waals surface area contributed by atoms with Gasteiger partial charge in [-0.05, 0) is 38.8 Å². The van der Waals surface area contributed by atoms with Gasteiger partial charge in [0, 0.05) is 19.2 Å². The lowest BCUT2D eigenvalue weighted by molar-refractivity contribution is -0.386. The fourth-order valence-corrected chi connectivity index (χ4v) is 5.08. The van der Waals surface area contributed by atoms with E-state index in [0.29, 0.717) is 13.1 Å². The summed E-state index contributed by atoms with van der Waals surface area (Å²) in [5.41, 5.74) is -0.318. The summed E-state index contributed by atoms with van der Waals surface area (Å²) in [5, 5.41) is 16.6. The number of amides is 2. The molecule has 0 saturated carbocycles. The van der Waals surface area contributed by atoms with E-state index in [2.05, 4.69) is 10.6 Å². The number of sulfonamides is 1. The molecule has 174 valence electrons. The molecule has 12 nitrogen and oxygen atoms in total. The van der Waals surface area contributed by atoms with Crippen LogP contribution in [-0.4, -0.2) is 62.0 Å². The molecule has 1 atom stereocenters. The van der Waals surface area contributed by atoms with Crippen molar-refractivity contribution in [2.75, 3.05) is 26.3 Å². The van der Waals surface area contributed by atoms with Crippen molar-refractivity contribution in [2.45, 2.75) is 37.6 Å². The van der Waals surface area contributed by atoms with E-state index in [1.165, 1.54) is 16.4 Å². The number of nitrogens with zero attached hydrogens (tertiary/aromatic N) is 2. The normalized spacial score (nSPS) is 19.3. The third-order valence-corrected chi connectivity index (χ3v) is 6.96. The maximum Gasteiger partial charge on any atom is 0.338 e. The first-order chi connectivity index (χ1) is 15.1. The highest BCUT2D eigenvalue weighted by molar-refractivity contribution is 7.89. The number of ether oxygens (including phenoxy) is 2. The van der Waals surface area contributed by atoms with Gasteiger partial charge >= 0.3 is 17.7 Å². The van der Waals surface area contributed by atoms with E-state index in [4.69, 9.17) is 9.47 Å². The number of nitrogens with one attached hydrogen (secondary N) is 2. The van der Waals surface area contributed by atoms with Crippen LogP contribution in [0.2, 0.25) is 0 Å². The first kappa shape index (κ1) is 23.5. The zero-order valence-corrected chi connectivity index (χ0v) is 18.4. The number of rotatable bonds is 8. The van der Waals surface area contributed by atoms with E-state index in [9.17, 15) is 28.1 Å². The molecule has 0 unspecified atom stereocenters. The monoisotopic (exact) mass is 468 g/mol. The Labute approximate surface area is 184 Å². The molecule has 1 fully saturated rings. The summed E-state index contributed by atoms with van der Waals surface area (Å²) in [6.45, 7) is 3.71. The van der Waals surface area contributed by atoms with Crippen molar-refractivity contribution in [1.29, 1.82) is 0 Å². The minimum absolute atomic E-state index is 0.0998. The van der Waals surface area contributed by atoms with E-state index >= 15 is 0 Å². The van der Waals surface area contributed by atoms with E-state index in [1.807, 2.05) is 0 Å². The van der Waals surface area contributed by atoms with Crippen molar-refractivity contribution in [3.05, 3.63) is 39.6 Å². The zero-order valence-electron chi connectivity index (χ0n) is 17.6. The topological polar surface area (TPSA) is 157 Å². The molecule has 1 aromatic rings. The summed E-state index contributed by atoms with van der Waals surface area (Å²) in [5.74, 6) is -0.862. The Bertz CT molecular complexity index is 1060. The Balaban J connectivity index is 1.89. The van der Waals surface area contributed by atoms with Crippen molar-refractivity contribution >= 4 is 27.7 Å². The summed E-state index contributed by atoms with van der Waals surface area (Å²) < 4.78 is 37.3. The Morgan fingerprint density at radius 3 is 2.62 bits per heavy atom. The summed E-state index contributed by atoms with van der Waals surface area (Å²) in [7, 11) is -3.85. The van der Waals surface area contributed by atoms with Crippen LogP contribution in [0.3, 0.4) is 0 Å². The fraction of sp³-hybridized carbons (Fsp3) is 0.474. The minimum Gasteiger partial charge on any atom is -0.480 e. The van der Waals surface area contributed by atoms with Gasteiger partial charge in [0.05, 0.1) is 33.7 Å². The van der Waals surface area contributed by atoms with Crippen LogP contribution in [0, 0.1) is 10.1 Å². The second-order valence-corrected chi connectivity index (χ2v) is 9.16. The lowest BCUT2D eigenvalue weighted by Gasteiger charge is -2.26. The molecule has 0 bridgehead atoms. The average Bonchev–Trinajstić information content (AvgIpc) is 3.27. The van der Waals surface area contributed by atoms with Gasteiger partial charge in [-0.3, -0.25) is 10.1 Å². The minimum atomic E-state index is -3.85. The van der Waals surface area contributed by atoms with Crippen LogP contribution >= 0.6 is 0 Å². The highest BCUT2D eigenvalue weighted by Crippen LogP contribution is 2.32. The SMILES string of the molecule is CCOC(=O)C1=C(COc2ccc(S(=O)(=O)N3CCCC3)cc2[N+](=O)[O-])NC(=O)N[C@@H]1C. The van der Waals surface area contributed by atoms with Gasteiger partial charge in [0.25, 0.3) is 0 Å². The first-order valence-electron chi connectivity index (χ1n) is 10.0. The van der Waals surface area contributed by atoms with Crippen LogP contribution in [0.4, 0.5) is 10.5 Å². The van der Waals surface area contributed by atoms with Gasteiger partial charge in [0.15, 0.2) is 5.75 Å². The highest BCUT2D eigenvalue weighted by Gasteiger charge is 2.32. The molecule has 32 heavy (non-hydrogen) atoms. The standard InChI is InChI=1S/C19H24N4O8S/c1-3-30-18(24)17-12(2)20-19(25)21-14(17)11-31-16-7-6-13(10-15(16)23(26)27)32(28,29)22-8-4-5-9-22/h6-7,10,12H,3-5,8-9,11H2,1-2H3,(H2,20,21,25)/t12-/m1/s1. The number of carbonyl (C=O) groups is 2. The predicted molar refractivity (Wildman–Crippen MR) is 111 cm³/mol. The number of nitro benzene ring substituents is 1. The van der Waals surface area contributed by atoms with E-state index < -0.39 is 38.7 Å². The van der Waals surface area contributed by atoms with Gasteiger partial charge in [-0.2, -0.15) is 4.31 Å². The summed E-state index contributed by atoms with van der Waals surface area (Å²) in [4.78, 5) is 34.8. The number of nitro groups is 1. The average molecular weight is 468 g/mol. The molecular formula is C19H24N4O8S. The third-order valence-electron chi connectivity index (χ3n) is 5.07. The molecular weight excluding hydrogens is 444 g/mol. The quantitative estimate of drug-likeness (QED) is 0.328. The number of hydrogen-bond donors (Lipinski definition) is 2. The third kappa shape index (κ3) is 4.83. The van der Waals surface area contributed by atoms with Gasteiger partial charge in [-0.25, -0.2) is 18.0 Å². The Morgan fingerprint density at radius 2 is 2.00 bits per heavy atom. The Kier molecular flexibility index (Phi) is 6.99. The molecule has 2 N–H and O–H groups in total. The smallest absolute Gasteiger partial charge is 0.338 e. The summed E-state index contributed by atoms with van der Waals surface area (Å²) >= 11 is 0. The van der Waals surface area contributed by atoms with Crippen LogP contribution in [0.5, 0.6) is 5.75 Å². The second kappa shape index (κ2) is 9.53. The molecule has 0 radical (unpaired) electrons. The van der Waals surface area contributed by atoms with Crippen molar-refractivity contribution in [2.24, 2.45) is 0 Å². The van der Waals surface area contributed by atoms with Crippen molar-refractivity contribution in [3.63, 3.8) is 0 Å². The fourth-order valence-electron chi connectivity index (χ4n) is 3.54. The molecule has 2 aliphatic heterocycles. The van der Waals surface area contributed by atoms with E-state index in [-0.39, 0.29) is 35.1 Å². The van der Waals surface area contributed by atoms with Gasteiger partial charge in [-0.15, -0.1) is 0 Å². The molecule has 1 saturated heterocycles. The molecule has 2 amide bonds. The maximum atomic E-state index is 12.7. The van der Waals surface area contributed by atoms with Gasteiger partial charge < -0.3 is 20.1 Å². The molecule has 0 aromatic heterocycles. The molecule has 1 aromatic carbocycles. The van der Waals surface area contributed by atoms with Crippen LogP contribution in [0.1, 0.15) is 26.7 Å². The van der Waals surface area contributed by atoms with Crippen molar-refractivity contribution in [1.82, 2.24) is 14.9 Å². The van der Waals surface area contributed by atoms with Gasteiger partial charge in [-0.1, -0.05) is 0 Å².